The molecule has 0 bridgehead atoms. The van der Waals surface area contributed by atoms with Gasteiger partial charge >= 0.3 is 0 Å². The lowest BCUT2D eigenvalue weighted by Crippen LogP contribution is -2.05. The molecule has 0 saturated heterocycles. The van der Waals surface area contributed by atoms with Crippen LogP contribution in [-0.4, -0.2) is 18.1 Å². The maximum absolute atomic E-state index is 13.2. The topological polar surface area (TPSA) is 35.8 Å². The number of anilines is 1. The minimum atomic E-state index is -0.463. The van der Waals surface area contributed by atoms with E-state index in [2.05, 4.69) is 12.2 Å². The van der Waals surface area contributed by atoms with Crippen molar-refractivity contribution >= 4 is 17.4 Å². The van der Waals surface area contributed by atoms with Crippen LogP contribution in [-0.2, 0) is 0 Å². The van der Waals surface area contributed by atoms with Gasteiger partial charge in [-0.05, 0) is 30.1 Å². The monoisotopic (exact) mass is 238 g/mol. The molecule has 0 aromatic heterocycles. The van der Waals surface area contributed by atoms with Crippen LogP contribution in [0.15, 0.2) is 18.2 Å². The number of rotatable bonds is 6. The zero-order chi connectivity index (χ0) is 11.8. The molecular weight excluding hydrogens is 223 g/mol. The molecule has 4 heteroatoms. The van der Waals surface area contributed by atoms with Gasteiger partial charge in [0.05, 0.1) is 5.69 Å². The molecule has 1 aromatic rings. The van der Waals surface area contributed by atoms with Crippen molar-refractivity contribution < 1.29 is 4.39 Å². The fourth-order valence-electron chi connectivity index (χ4n) is 1.33. The summed E-state index contributed by atoms with van der Waals surface area (Å²) in [5, 5.41) is 11.9. The molecular formula is C12H15FN2S. The number of benzene rings is 1. The minimum Gasteiger partial charge on any atom is -0.384 e. The Kier molecular flexibility index (Phi) is 5.73. The summed E-state index contributed by atoms with van der Waals surface area (Å²) in [5.41, 5.74) is 0.689. The highest BCUT2D eigenvalue weighted by Crippen LogP contribution is 2.17. The second-order valence-corrected chi connectivity index (χ2v) is 4.65. The Morgan fingerprint density at radius 1 is 1.50 bits per heavy atom. The third-order valence-corrected chi connectivity index (χ3v) is 3.10. The number of hydrogen-bond acceptors (Lipinski definition) is 3. The highest BCUT2D eigenvalue weighted by molar-refractivity contribution is 7.99. The van der Waals surface area contributed by atoms with Gasteiger partial charge in [-0.15, -0.1) is 0 Å². The number of thioether (sulfide) groups is 1. The molecule has 1 N–H and O–H groups in total. The summed E-state index contributed by atoms with van der Waals surface area (Å²) < 4.78 is 13.2. The van der Waals surface area contributed by atoms with Crippen molar-refractivity contribution in [1.29, 1.82) is 5.26 Å². The zero-order valence-corrected chi connectivity index (χ0v) is 10.1. The summed E-state index contributed by atoms with van der Waals surface area (Å²) in [7, 11) is 0. The van der Waals surface area contributed by atoms with E-state index in [1.165, 1.54) is 6.07 Å². The lowest BCUT2D eigenvalue weighted by atomic mass is 10.2. The van der Waals surface area contributed by atoms with Crippen LogP contribution in [0.1, 0.15) is 18.9 Å². The van der Waals surface area contributed by atoms with Crippen molar-refractivity contribution in [3.05, 3.63) is 29.6 Å². The average molecular weight is 238 g/mol. The van der Waals surface area contributed by atoms with Gasteiger partial charge in [-0.2, -0.15) is 17.0 Å². The van der Waals surface area contributed by atoms with Crippen LogP contribution < -0.4 is 5.32 Å². The highest BCUT2D eigenvalue weighted by atomic mass is 32.2. The Labute approximate surface area is 99.9 Å². The van der Waals surface area contributed by atoms with E-state index in [9.17, 15) is 4.39 Å². The molecule has 0 radical (unpaired) electrons. The molecule has 1 aromatic carbocycles. The van der Waals surface area contributed by atoms with Crippen LogP contribution in [0.25, 0.3) is 0 Å². The predicted octanol–water partition coefficient (Wildman–Crippen LogP) is 3.25. The summed E-state index contributed by atoms with van der Waals surface area (Å²) in [4.78, 5) is 0. The summed E-state index contributed by atoms with van der Waals surface area (Å²) >= 11 is 1.88. The number of nitrogens with zero attached hydrogens (tertiary/aromatic N) is 1. The molecule has 0 unspecified atom stereocenters. The van der Waals surface area contributed by atoms with Gasteiger partial charge in [0.15, 0.2) is 0 Å². The molecule has 0 aliphatic rings. The van der Waals surface area contributed by atoms with Crippen LogP contribution in [0.5, 0.6) is 0 Å². The normalized spacial score (nSPS) is 9.81. The second kappa shape index (κ2) is 7.13. The average Bonchev–Trinajstić information content (AvgIpc) is 2.29. The van der Waals surface area contributed by atoms with E-state index >= 15 is 0 Å². The van der Waals surface area contributed by atoms with Gasteiger partial charge < -0.3 is 5.32 Å². The Morgan fingerprint density at radius 2 is 2.31 bits per heavy atom. The fourth-order valence-corrected chi connectivity index (χ4v) is 1.96. The van der Waals surface area contributed by atoms with Gasteiger partial charge in [-0.1, -0.05) is 13.0 Å². The Bertz CT molecular complexity index is 374. The van der Waals surface area contributed by atoms with Gasteiger partial charge in [0.1, 0.15) is 17.4 Å². The lowest BCUT2D eigenvalue weighted by molar-refractivity contribution is 0.624. The van der Waals surface area contributed by atoms with E-state index < -0.39 is 5.82 Å². The van der Waals surface area contributed by atoms with Crippen LogP contribution >= 0.6 is 11.8 Å². The number of hydrogen-bond donors (Lipinski definition) is 1. The SMILES string of the molecule is CCSCCCNc1cccc(F)c1C#N. The second-order valence-electron chi connectivity index (χ2n) is 3.25. The first-order valence-corrected chi connectivity index (χ1v) is 6.45. The molecule has 0 atom stereocenters. The standard InChI is InChI=1S/C12H15FN2S/c1-2-16-8-4-7-15-12-6-3-5-11(13)10(12)9-14/h3,5-6,15H,2,4,7-8H2,1H3. The first kappa shape index (κ1) is 12.9. The Hall–Kier alpha value is -1.21. The van der Waals surface area contributed by atoms with Gasteiger partial charge in [0, 0.05) is 6.54 Å². The Morgan fingerprint density at radius 3 is 3.00 bits per heavy atom. The van der Waals surface area contributed by atoms with Crippen LogP contribution in [0, 0.1) is 17.1 Å². The van der Waals surface area contributed by atoms with Gasteiger partial charge in [-0.25, -0.2) is 4.39 Å². The van der Waals surface area contributed by atoms with Crippen LogP contribution in [0.2, 0.25) is 0 Å². The molecule has 16 heavy (non-hydrogen) atoms. The summed E-state index contributed by atoms with van der Waals surface area (Å²) in [6.45, 7) is 2.89. The van der Waals surface area contributed by atoms with Crippen molar-refractivity contribution in [1.82, 2.24) is 0 Å². The third-order valence-electron chi connectivity index (χ3n) is 2.11. The number of nitrogens with one attached hydrogen (secondary N) is 1. The predicted molar refractivity (Wildman–Crippen MR) is 67.2 cm³/mol. The minimum absolute atomic E-state index is 0.102. The first-order chi connectivity index (χ1) is 7.79. The molecule has 0 heterocycles. The fraction of sp³-hybridized carbons (Fsp3) is 0.417. The number of halogens is 1. The van der Waals surface area contributed by atoms with Crippen molar-refractivity contribution in [2.24, 2.45) is 0 Å². The largest absolute Gasteiger partial charge is 0.384 e. The Balaban J connectivity index is 2.48. The first-order valence-electron chi connectivity index (χ1n) is 5.29. The summed E-state index contributed by atoms with van der Waals surface area (Å²) in [6, 6.07) is 6.52. The van der Waals surface area contributed by atoms with Gasteiger partial charge in [-0.3, -0.25) is 0 Å². The van der Waals surface area contributed by atoms with Crippen molar-refractivity contribution in [3.8, 4) is 6.07 Å². The van der Waals surface area contributed by atoms with Crippen LogP contribution in [0.3, 0.4) is 0 Å². The zero-order valence-electron chi connectivity index (χ0n) is 9.29. The third kappa shape index (κ3) is 3.74. The van der Waals surface area contributed by atoms with Gasteiger partial charge in [0.25, 0.3) is 0 Å². The van der Waals surface area contributed by atoms with Crippen molar-refractivity contribution in [2.45, 2.75) is 13.3 Å². The molecule has 1 rings (SSSR count). The van der Waals surface area contributed by atoms with Crippen molar-refractivity contribution in [2.75, 3.05) is 23.4 Å². The van der Waals surface area contributed by atoms with E-state index in [4.69, 9.17) is 5.26 Å². The van der Waals surface area contributed by atoms with E-state index in [1.807, 2.05) is 17.8 Å². The van der Waals surface area contributed by atoms with E-state index in [0.29, 0.717) is 5.69 Å². The van der Waals surface area contributed by atoms with Crippen molar-refractivity contribution in [3.63, 3.8) is 0 Å². The quantitative estimate of drug-likeness (QED) is 0.773. The molecule has 0 aliphatic carbocycles. The smallest absolute Gasteiger partial charge is 0.143 e. The molecule has 0 fully saturated rings. The molecule has 2 nitrogen and oxygen atoms in total. The van der Waals surface area contributed by atoms with Crippen LogP contribution in [0.4, 0.5) is 10.1 Å². The maximum Gasteiger partial charge on any atom is 0.143 e. The van der Waals surface area contributed by atoms with E-state index in [1.54, 1.807) is 12.1 Å². The molecule has 0 amide bonds. The lowest BCUT2D eigenvalue weighted by Gasteiger charge is -2.07. The molecule has 86 valence electrons. The van der Waals surface area contributed by atoms with Gasteiger partial charge in [0.2, 0.25) is 0 Å². The molecule has 0 aliphatic heterocycles. The number of nitriles is 1. The highest BCUT2D eigenvalue weighted by Gasteiger charge is 2.06. The maximum atomic E-state index is 13.2. The van der Waals surface area contributed by atoms with E-state index in [-0.39, 0.29) is 5.56 Å². The molecule has 0 spiro atoms. The van der Waals surface area contributed by atoms with E-state index in [0.717, 1.165) is 24.5 Å². The summed E-state index contributed by atoms with van der Waals surface area (Å²) in [6.07, 6.45) is 1.01. The molecule has 0 saturated carbocycles. The summed E-state index contributed by atoms with van der Waals surface area (Å²) in [5.74, 6) is 1.74.